The topological polar surface area (TPSA) is 51.6 Å². The maximum Gasteiger partial charge on any atom is 0.164 e. The molecule has 0 aliphatic rings. The van der Waals surface area contributed by atoms with E-state index in [2.05, 4.69) is 146 Å². The predicted molar refractivity (Wildman–Crippen MR) is 231 cm³/mol. The molecule has 0 fully saturated rings. The van der Waals surface area contributed by atoms with Crippen molar-refractivity contribution in [2.24, 2.45) is 0 Å². The zero-order chi connectivity index (χ0) is 37.3. The molecule has 0 N–H and O–H groups in total. The highest BCUT2D eigenvalue weighted by Gasteiger charge is 2.15. The molecule has 0 saturated heterocycles. The molecule has 0 atom stereocenters. The van der Waals surface area contributed by atoms with Gasteiger partial charge in [0.1, 0.15) is 0 Å². The molecule has 2 heterocycles. The Morgan fingerprint density at radius 1 is 0.232 bits per heavy atom. The van der Waals surface area contributed by atoms with Crippen LogP contribution in [0.5, 0.6) is 0 Å². The van der Waals surface area contributed by atoms with E-state index in [9.17, 15) is 0 Å². The van der Waals surface area contributed by atoms with Crippen LogP contribution in [0.1, 0.15) is 0 Å². The molecule has 0 amide bonds. The summed E-state index contributed by atoms with van der Waals surface area (Å²) in [6, 6.07) is 71.9. The SMILES string of the molecule is c1ccc(-c2nc(-c3ccccc3)nc(-c3cccc(-c4ccc(-c5cc(-c6cccc7ccccc67)cc(-c6ccc7ccccc7c6)n5)cc4)c3)n2)cc1. The minimum absolute atomic E-state index is 0.631. The maximum absolute atomic E-state index is 5.29. The fraction of sp³-hybridized carbons (Fsp3) is 0. The van der Waals surface area contributed by atoms with Crippen LogP contribution in [0.15, 0.2) is 206 Å². The first kappa shape index (κ1) is 33.0. The van der Waals surface area contributed by atoms with E-state index >= 15 is 0 Å². The highest BCUT2D eigenvalue weighted by molar-refractivity contribution is 5.98. The van der Waals surface area contributed by atoms with E-state index in [-0.39, 0.29) is 0 Å². The third-order valence-corrected chi connectivity index (χ3v) is 10.3. The molecule has 56 heavy (non-hydrogen) atoms. The summed E-state index contributed by atoms with van der Waals surface area (Å²) in [6.45, 7) is 0. The number of fused-ring (bicyclic) bond motifs is 2. The number of hydrogen-bond acceptors (Lipinski definition) is 4. The predicted octanol–water partition coefficient (Wildman–Crippen LogP) is 13.2. The van der Waals surface area contributed by atoms with E-state index in [0.717, 1.165) is 55.9 Å². The molecule has 0 saturated carbocycles. The van der Waals surface area contributed by atoms with Crippen LogP contribution < -0.4 is 0 Å². The molecule has 10 rings (SSSR count). The summed E-state index contributed by atoms with van der Waals surface area (Å²) in [6.07, 6.45) is 0. The summed E-state index contributed by atoms with van der Waals surface area (Å²) in [5.74, 6) is 1.92. The first-order valence-electron chi connectivity index (χ1n) is 18.8. The first-order chi connectivity index (χ1) is 27.7. The average Bonchev–Trinajstić information content (AvgIpc) is 3.29. The molecule has 8 aromatic carbocycles. The number of benzene rings is 8. The Balaban J connectivity index is 1.04. The van der Waals surface area contributed by atoms with Crippen LogP contribution in [0.3, 0.4) is 0 Å². The number of nitrogens with zero attached hydrogens (tertiary/aromatic N) is 4. The van der Waals surface area contributed by atoms with Crippen LogP contribution in [0.2, 0.25) is 0 Å². The largest absolute Gasteiger partial charge is 0.248 e. The van der Waals surface area contributed by atoms with Crippen molar-refractivity contribution in [1.29, 1.82) is 0 Å². The molecule has 4 heteroatoms. The van der Waals surface area contributed by atoms with Crippen LogP contribution in [0.4, 0.5) is 0 Å². The smallest absolute Gasteiger partial charge is 0.164 e. The van der Waals surface area contributed by atoms with Gasteiger partial charge in [-0.15, -0.1) is 0 Å². The number of pyridine rings is 1. The number of aromatic nitrogens is 4. The lowest BCUT2D eigenvalue weighted by molar-refractivity contribution is 1.07. The second-order valence-corrected chi connectivity index (χ2v) is 13.9. The Bertz CT molecular complexity index is 2950. The third kappa shape index (κ3) is 6.50. The van der Waals surface area contributed by atoms with Gasteiger partial charge in [0.25, 0.3) is 0 Å². The highest BCUT2D eigenvalue weighted by atomic mass is 15.0. The monoisotopic (exact) mass is 714 g/mol. The summed E-state index contributed by atoms with van der Waals surface area (Å²) in [5, 5.41) is 4.84. The van der Waals surface area contributed by atoms with Gasteiger partial charge in [-0.1, -0.05) is 182 Å². The molecule has 262 valence electrons. The fourth-order valence-corrected chi connectivity index (χ4v) is 7.42. The van der Waals surface area contributed by atoms with Crippen LogP contribution in [-0.4, -0.2) is 19.9 Å². The van der Waals surface area contributed by atoms with Gasteiger partial charge >= 0.3 is 0 Å². The Hall–Kier alpha value is -7.56. The fourth-order valence-electron chi connectivity index (χ4n) is 7.42. The van der Waals surface area contributed by atoms with Gasteiger partial charge in [0.2, 0.25) is 0 Å². The van der Waals surface area contributed by atoms with Crippen molar-refractivity contribution >= 4 is 21.5 Å². The number of hydrogen-bond donors (Lipinski definition) is 0. The van der Waals surface area contributed by atoms with Gasteiger partial charge in [0, 0.05) is 27.8 Å². The second kappa shape index (κ2) is 14.3. The lowest BCUT2D eigenvalue weighted by Crippen LogP contribution is -2.00. The lowest BCUT2D eigenvalue weighted by Gasteiger charge is -2.13. The van der Waals surface area contributed by atoms with Crippen molar-refractivity contribution < 1.29 is 0 Å². The van der Waals surface area contributed by atoms with Crippen LogP contribution >= 0.6 is 0 Å². The summed E-state index contributed by atoms with van der Waals surface area (Å²) >= 11 is 0. The molecular weight excluding hydrogens is 681 g/mol. The second-order valence-electron chi connectivity index (χ2n) is 13.9. The van der Waals surface area contributed by atoms with Gasteiger partial charge in [-0.2, -0.15) is 0 Å². The van der Waals surface area contributed by atoms with Crippen molar-refractivity contribution in [3.8, 4) is 78.9 Å². The Morgan fingerprint density at radius 3 is 1.45 bits per heavy atom. The van der Waals surface area contributed by atoms with E-state index < -0.39 is 0 Å². The van der Waals surface area contributed by atoms with Gasteiger partial charge in [-0.3, -0.25) is 0 Å². The molecular formula is C52H34N4. The summed E-state index contributed by atoms with van der Waals surface area (Å²) in [7, 11) is 0. The Morgan fingerprint density at radius 2 is 0.732 bits per heavy atom. The van der Waals surface area contributed by atoms with Gasteiger partial charge < -0.3 is 0 Å². The van der Waals surface area contributed by atoms with Crippen LogP contribution in [-0.2, 0) is 0 Å². The number of rotatable bonds is 7. The normalized spacial score (nSPS) is 11.2. The standard InChI is InChI=1S/C52H34N4/c1-3-15-39(16-4-1)50-54-51(40-17-5-2-6-18-40)56-52(55-50)44-22-11-21-42(32-44)36-25-28-38(29-26-36)48-33-45(47-24-12-20-37-14-9-10-23-46(37)47)34-49(53-48)43-30-27-35-13-7-8-19-41(35)31-43/h1-34H. The van der Waals surface area contributed by atoms with Gasteiger partial charge in [0.05, 0.1) is 11.4 Å². The van der Waals surface area contributed by atoms with Crippen molar-refractivity contribution in [3.05, 3.63) is 206 Å². The van der Waals surface area contributed by atoms with Crippen LogP contribution in [0.25, 0.3) is 100 Å². The van der Waals surface area contributed by atoms with E-state index in [1.807, 2.05) is 60.7 Å². The van der Waals surface area contributed by atoms with Crippen LogP contribution in [0, 0.1) is 0 Å². The Labute approximate surface area is 325 Å². The molecule has 0 radical (unpaired) electrons. The quantitative estimate of drug-likeness (QED) is 0.165. The molecule has 2 aromatic heterocycles. The highest BCUT2D eigenvalue weighted by Crippen LogP contribution is 2.36. The molecule has 0 spiro atoms. The minimum atomic E-state index is 0.631. The van der Waals surface area contributed by atoms with E-state index in [1.165, 1.54) is 27.1 Å². The van der Waals surface area contributed by atoms with Gasteiger partial charge in [-0.05, 0) is 68.1 Å². The van der Waals surface area contributed by atoms with Crippen molar-refractivity contribution in [2.75, 3.05) is 0 Å². The van der Waals surface area contributed by atoms with E-state index in [4.69, 9.17) is 19.9 Å². The van der Waals surface area contributed by atoms with E-state index in [1.54, 1.807) is 0 Å². The Kier molecular flexibility index (Phi) is 8.47. The minimum Gasteiger partial charge on any atom is -0.248 e. The average molecular weight is 715 g/mol. The molecule has 0 aliphatic carbocycles. The van der Waals surface area contributed by atoms with Crippen molar-refractivity contribution in [1.82, 2.24) is 19.9 Å². The van der Waals surface area contributed by atoms with Gasteiger partial charge in [-0.25, -0.2) is 19.9 Å². The summed E-state index contributed by atoms with van der Waals surface area (Å²) < 4.78 is 0. The maximum atomic E-state index is 5.29. The first-order valence-corrected chi connectivity index (χ1v) is 18.8. The zero-order valence-corrected chi connectivity index (χ0v) is 30.4. The van der Waals surface area contributed by atoms with E-state index in [0.29, 0.717) is 17.5 Å². The summed E-state index contributed by atoms with van der Waals surface area (Å²) in [5.41, 5.74) is 11.3. The van der Waals surface area contributed by atoms with Crippen molar-refractivity contribution in [2.45, 2.75) is 0 Å². The van der Waals surface area contributed by atoms with Crippen molar-refractivity contribution in [3.63, 3.8) is 0 Å². The molecule has 0 unspecified atom stereocenters. The molecule has 0 aliphatic heterocycles. The lowest BCUT2D eigenvalue weighted by atomic mass is 9.95. The van der Waals surface area contributed by atoms with Gasteiger partial charge in [0.15, 0.2) is 17.5 Å². The molecule has 0 bridgehead atoms. The molecule has 10 aromatic rings. The summed E-state index contributed by atoms with van der Waals surface area (Å²) in [4.78, 5) is 20.1. The molecule has 4 nitrogen and oxygen atoms in total. The zero-order valence-electron chi connectivity index (χ0n) is 30.4. The third-order valence-electron chi connectivity index (χ3n) is 10.3.